The molecule has 3 amide bonds. The van der Waals surface area contributed by atoms with Crippen LogP contribution in [0.2, 0.25) is 5.02 Å². The van der Waals surface area contributed by atoms with Gasteiger partial charge in [-0.25, -0.2) is 23.2 Å². The zero-order chi connectivity index (χ0) is 51.7. The number of rotatable bonds is 12. The van der Waals surface area contributed by atoms with Crippen LogP contribution >= 0.6 is 11.6 Å². The maximum Gasteiger partial charge on any atom is 0.371 e. The molecule has 0 aliphatic carbocycles. The summed E-state index contributed by atoms with van der Waals surface area (Å²) in [6.07, 6.45) is 2.62. The minimum Gasteiger partial charge on any atom is -0.478 e. The average molecular weight is 987 g/mol. The Morgan fingerprint density at radius 2 is 0.929 bits per heavy atom. The van der Waals surface area contributed by atoms with Crippen LogP contribution in [0.25, 0.3) is 0 Å². The van der Waals surface area contributed by atoms with Crippen molar-refractivity contribution in [2.75, 3.05) is 16.0 Å². The molecule has 0 bridgehead atoms. The van der Waals surface area contributed by atoms with Gasteiger partial charge < -0.3 is 40.1 Å². The second-order valence-electron chi connectivity index (χ2n) is 13.1. The van der Waals surface area contributed by atoms with Crippen LogP contribution in [0.15, 0.2) is 149 Å². The molecule has 5 aromatic carbocycles. The van der Waals surface area contributed by atoms with Gasteiger partial charge >= 0.3 is 17.9 Å². The van der Waals surface area contributed by atoms with Crippen molar-refractivity contribution in [2.45, 2.75) is 0 Å². The summed E-state index contributed by atoms with van der Waals surface area (Å²) in [5, 5.41) is 65.0. The number of nitro benzene ring substituents is 3. The molecule has 6 N–H and O–H groups in total. The molecule has 0 aliphatic heterocycles. The third-order valence-electron chi connectivity index (χ3n) is 8.50. The Morgan fingerprint density at radius 1 is 0.486 bits per heavy atom. The van der Waals surface area contributed by atoms with Crippen LogP contribution < -0.4 is 16.0 Å². The monoisotopic (exact) mass is 986 g/mol. The molecule has 0 spiro atoms. The van der Waals surface area contributed by atoms with Crippen LogP contribution in [0.1, 0.15) is 62.5 Å². The van der Waals surface area contributed by atoms with E-state index in [1.165, 1.54) is 91.4 Å². The molecule has 23 nitrogen and oxygen atoms in total. The summed E-state index contributed by atoms with van der Waals surface area (Å²) in [7, 11) is 0. The Balaban J connectivity index is 0.000000211. The molecule has 0 aliphatic rings. The summed E-state index contributed by atoms with van der Waals surface area (Å²) >= 11 is 5.72. The second-order valence-corrected chi connectivity index (χ2v) is 13.5. The van der Waals surface area contributed by atoms with Crippen LogP contribution in [0.4, 0.5) is 42.9 Å². The van der Waals surface area contributed by atoms with Crippen molar-refractivity contribution < 1.29 is 76.5 Å². The van der Waals surface area contributed by atoms with Crippen molar-refractivity contribution in [2.24, 2.45) is 0 Å². The first kappa shape index (κ1) is 52.5. The number of amides is 3. The van der Waals surface area contributed by atoms with Gasteiger partial charge in [-0.1, -0.05) is 35.9 Å². The van der Waals surface area contributed by atoms with Crippen LogP contribution in [-0.4, -0.2) is 65.7 Å². The number of carbonyl (C=O) groups is 6. The number of hydrogen-bond donors (Lipinski definition) is 6. The number of hydrogen-bond acceptors (Lipinski definition) is 14. The summed E-state index contributed by atoms with van der Waals surface area (Å²) in [6, 6.07) is 26.3. The molecule has 358 valence electrons. The Hall–Kier alpha value is -10.2. The summed E-state index contributed by atoms with van der Waals surface area (Å²) in [5.74, 6) is -7.47. The molecule has 2 aromatic heterocycles. The van der Waals surface area contributed by atoms with Crippen LogP contribution in [0.5, 0.6) is 0 Å². The van der Waals surface area contributed by atoms with Gasteiger partial charge in [0.1, 0.15) is 16.7 Å². The number of non-ortho nitro benzene ring substituents is 2. The quantitative estimate of drug-likeness (QED) is 0.0490. The molecule has 26 heteroatoms. The van der Waals surface area contributed by atoms with E-state index in [9.17, 15) is 67.9 Å². The minimum absolute atomic E-state index is 0.000286. The lowest BCUT2D eigenvalue weighted by Crippen LogP contribution is -2.16. The molecule has 7 rings (SSSR count). The molecule has 0 fully saturated rings. The van der Waals surface area contributed by atoms with Crippen LogP contribution in [-0.2, 0) is 0 Å². The third-order valence-corrected chi connectivity index (χ3v) is 8.80. The SMILES string of the molecule is O=C(Nc1ccc([N+](=O)[O-])c(Cl)c1)c1ccccc1F.O=C(Nc1ccc([N+](=O)[O-])cc1C(=O)O)c1ccccc1F.O=C(Nc1ccc([N+](=O)[O-])cc1C(=O)O)c1ccco1.O=C(O)c1ccco1. The van der Waals surface area contributed by atoms with Gasteiger partial charge in [0.2, 0.25) is 5.76 Å². The molecule has 0 unspecified atom stereocenters. The van der Waals surface area contributed by atoms with E-state index in [-0.39, 0.29) is 61.7 Å². The van der Waals surface area contributed by atoms with Crippen LogP contribution in [0, 0.1) is 42.0 Å². The number of aromatic carboxylic acids is 3. The number of carboxylic acid groups (broad SMARTS) is 3. The highest BCUT2D eigenvalue weighted by molar-refractivity contribution is 6.33. The first-order valence-corrected chi connectivity index (χ1v) is 19.3. The Labute approximate surface area is 393 Å². The fraction of sp³-hybridized carbons (Fsp3) is 0. The number of furan rings is 2. The molecule has 0 atom stereocenters. The Bertz CT molecular complexity index is 3110. The highest BCUT2D eigenvalue weighted by Gasteiger charge is 2.21. The zero-order valence-electron chi connectivity index (χ0n) is 34.8. The van der Waals surface area contributed by atoms with E-state index in [4.69, 9.17) is 31.3 Å². The summed E-state index contributed by atoms with van der Waals surface area (Å²) in [6.45, 7) is 0. The molecular formula is C44H29ClF2N6O17. The first-order valence-electron chi connectivity index (χ1n) is 18.9. The standard InChI is InChI=1S/C14H9FN2O5.C13H8ClFN2O3.C12H8N2O6.C5H4O3/c15-11-4-2-1-3-9(11)13(18)16-12-6-5-8(17(21)22)7-10(12)14(19)20;14-10-7-8(5-6-12(10)17(19)20)16-13(18)9-3-1-2-4-11(9)15;15-11(10-2-1-5-20-10)13-9-4-3-7(14(18)19)6-8(9)12(16)17;6-5(7)4-2-1-3-8-4/h1-7H,(H,16,18)(H,19,20);1-7H,(H,16,18);1-6H,(H,13,15)(H,16,17);1-3H,(H,6,7). The number of nitro groups is 3. The molecule has 70 heavy (non-hydrogen) atoms. The molecule has 7 aromatic rings. The highest BCUT2D eigenvalue weighted by atomic mass is 35.5. The van der Waals surface area contributed by atoms with E-state index in [0.29, 0.717) is 0 Å². The smallest absolute Gasteiger partial charge is 0.371 e. The number of halogens is 3. The van der Waals surface area contributed by atoms with Gasteiger partial charge in [0.25, 0.3) is 34.8 Å². The van der Waals surface area contributed by atoms with Crippen molar-refractivity contribution in [3.63, 3.8) is 0 Å². The van der Waals surface area contributed by atoms with Crippen molar-refractivity contribution in [3.05, 3.63) is 221 Å². The molecule has 0 saturated heterocycles. The number of nitrogens with one attached hydrogen (secondary N) is 3. The lowest BCUT2D eigenvalue weighted by Gasteiger charge is -2.09. The average Bonchev–Trinajstić information content (AvgIpc) is 4.07. The van der Waals surface area contributed by atoms with E-state index in [1.54, 1.807) is 0 Å². The van der Waals surface area contributed by atoms with Crippen molar-refractivity contribution in [3.8, 4) is 0 Å². The van der Waals surface area contributed by atoms with Crippen molar-refractivity contribution >= 4 is 81.4 Å². The third kappa shape index (κ3) is 14.7. The van der Waals surface area contributed by atoms with Gasteiger partial charge in [-0.3, -0.25) is 44.7 Å². The van der Waals surface area contributed by atoms with E-state index in [1.807, 2.05) is 0 Å². The second kappa shape index (κ2) is 24.4. The normalized spacial score (nSPS) is 9.93. The lowest BCUT2D eigenvalue weighted by molar-refractivity contribution is -0.385. The maximum atomic E-state index is 13.5. The van der Waals surface area contributed by atoms with Crippen molar-refractivity contribution in [1.29, 1.82) is 0 Å². The van der Waals surface area contributed by atoms with Gasteiger partial charge in [0.15, 0.2) is 5.76 Å². The maximum absolute atomic E-state index is 13.5. The van der Waals surface area contributed by atoms with Crippen molar-refractivity contribution in [1.82, 2.24) is 0 Å². The van der Waals surface area contributed by atoms with Gasteiger partial charge in [0.05, 0.1) is 60.9 Å². The van der Waals surface area contributed by atoms with Crippen LogP contribution in [0.3, 0.4) is 0 Å². The largest absolute Gasteiger partial charge is 0.478 e. The summed E-state index contributed by atoms with van der Waals surface area (Å²) < 4.78 is 36.3. The predicted molar refractivity (Wildman–Crippen MR) is 239 cm³/mol. The summed E-state index contributed by atoms with van der Waals surface area (Å²) in [4.78, 5) is 97.4. The summed E-state index contributed by atoms with van der Waals surface area (Å²) in [5.41, 5.74) is -2.27. The Morgan fingerprint density at radius 3 is 1.30 bits per heavy atom. The molecule has 0 radical (unpaired) electrons. The molecule has 2 heterocycles. The number of nitrogens with zero attached hydrogens (tertiary/aromatic N) is 3. The first-order chi connectivity index (χ1) is 33.2. The fourth-order valence-corrected chi connectivity index (χ4v) is 5.52. The van der Waals surface area contributed by atoms with E-state index in [0.717, 1.165) is 48.5 Å². The number of anilines is 3. The number of carboxylic acids is 3. The number of benzene rings is 5. The van der Waals surface area contributed by atoms with Gasteiger partial charge in [-0.15, -0.1) is 0 Å². The van der Waals surface area contributed by atoms with E-state index < -0.39 is 73.3 Å². The van der Waals surface area contributed by atoms with Gasteiger partial charge in [0, 0.05) is 36.0 Å². The highest BCUT2D eigenvalue weighted by Crippen LogP contribution is 2.28. The zero-order valence-corrected chi connectivity index (χ0v) is 35.6. The topological polar surface area (TPSA) is 355 Å². The molecule has 0 saturated carbocycles. The van der Waals surface area contributed by atoms with E-state index >= 15 is 0 Å². The fourth-order valence-electron chi connectivity index (χ4n) is 5.27. The molecular weight excluding hydrogens is 958 g/mol. The van der Waals surface area contributed by atoms with E-state index in [2.05, 4.69) is 20.4 Å². The number of carbonyl (C=O) groups excluding carboxylic acids is 3. The Kier molecular flexibility index (Phi) is 18.3. The van der Waals surface area contributed by atoms with Gasteiger partial charge in [-0.2, -0.15) is 0 Å². The lowest BCUT2D eigenvalue weighted by atomic mass is 10.1. The minimum atomic E-state index is -1.45. The predicted octanol–water partition coefficient (Wildman–Crippen LogP) is 9.44. The van der Waals surface area contributed by atoms with Gasteiger partial charge in [-0.05, 0) is 72.8 Å².